The molecule has 0 atom stereocenters. The number of para-hydroxylation sites is 1. The summed E-state index contributed by atoms with van der Waals surface area (Å²) in [6.07, 6.45) is 9.61. The molecule has 0 unspecified atom stereocenters. The van der Waals surface area contributed by atoms with Gasteiger partial charge in [0.2, 0.25) is 0 Å². The number of furan rings is 1. The lowest BCUT2D eigenvalue weighted by molar-refractivity contribution is 0.0686. The van der Waals surface area contributed by atoms with E-state index in [1.54, 1.807) is 12.4 Å². The van der Waals surface area contributed by atoms with Gasteiger partial charge in [-0.3, -0.25) is 9.78 Å². The first-order chi connectivity index (χ1) is 12.8. The zero-order chi connectivity index (χ0) is 17.8. The zero-order valence-corrected chi connectivity index (χ0v) is 14.9. The van der Waals surface area contributed by atoms with E-state index in [4.69, 9.17) is 4.42 Å². The van der Waals surface area contributed by atoms with Crippen LogP contribution < -0.4 is 0 Å². The minimum absolute atomic E-state index is 0.0316. The van der Waals surface area contributed by atoms with E-state index in [9.17, 15) is 4.79 Å². The van der Waals surface area contributed by atoms with Crippen LogP contribution in [0.15, 0.2) is 59.3 Å². The van der Waals surface area contributed by atoms with Crippen LogP contribution in [0.2, 0.25) is 0 Å². The number of aromatic nitrogens is 1. The second-order valence-electron chi connectivity index (χ2n) is 7.18. The van der Waals surface area contributed by atoms with Gasteiger partial charge >= 0.3 is 0 Å². The largest absolute Gasteiger partial charge is 0.459 e. The Bertz CT molecular complexity index is 833. The summed E-state index contributed by atoms with van der Waals surface area (Å²) in [4.78, 5) is 19.1. The molecule has 2 aromatic heterocycles. The third kappa shape index (κ3) is 3.79. The number of carbonyl (C=O) groups excluding carboxylic acids is 1. The molecule has 1 fully saturated rings. The first-order valence-electron chi connectivity index (χ1n) is 9.46. The molecule has 4 rings (SSSR count). The van der Waals surface area contributed by atoms with Crippen LogP contribution in [-0.2, 0) is 6.54 Å². The topological polar surface area (TPSA) is 46.3 Å². The molecule has 0 saturated heterocycles. The highest BCUT2D eigenvalue weighted by Gasteiger charge is 2.23. The lowest BCUT2D eigenvalue weighted by Gasteiger charge is -2.29. The Morgan fingerprint density at radius 1 is 1.12 bits per heavy atom. The number of fused-ring (bicyclic) bond motifs is 1. The van der Waals surface area contributed by atoms with Crippen molar-refractivity contribution in [1.29, 1.82) is 0 Å². The predicted molar refractivity (Wildman–Crippen MR) is 102 cm³/mol. The van der Waals surface area contributed by atoms with Gasteiger partial charge in [-0.15, -0.1) is 0 Å². The summed E-state index contributed by atoms with van der Waals surface area (Å²) < 4.78 is 5.96. The number of benzene rings is 1. The Labute approximate surface area is 153 Å². The van der Waals surface area contributed by atoms with Crippen LogP contribution >= 0.6 is 0 Å². The highest BCUT2D eigenvalue weighted by molar-refractivity contribution is 5.93. The van der Waals surface area contributed by atoms with Gasteiger partial charge in [-0.1, -0.05) is 37.5 Å². The maximum Gasteiger partial charge on any atom is 0.255 e. The molecular weight excluding hydrogens is 324 g/mol. The Balaban J connectivity index is 1.57. The van der Waals surface area contributed by atoms with E-state index in [-0.39, 0.29) is 5.91 Å². The number of nitrogens with zero attached hydrogens (tertiary/aromatic N) is 2. The standard InChI is InChI=1S/C22H24N2O2/c25-22(19-10-6-12-23-14-19)24(15-17-7-2-1-3-8-17)16-20-13-18-9-4-5-11-21(18)26-20/h4-6,9-14,17H,1-3,7-8,15-16H2. The molecule has 0 bridgehead atoms. The summed E-state index contributed by atoms with van der Waals surface area (Å²) in [5.74, 6) is 1.44. The average Bonchev–Trinajstić information content (AvgIpc) is 3.11. The first kappa shape index (κ1) is 16.8. The number of carbonyl (C=O) groups is 1. The van der Waals surface area contributed by atoms with E-state index in [1.807, 2.05) is 47.4 Å². The first-order valence-corrected chi connectivity index (χ1v) is 9.46. The normalized spacial score (nSPS) is 15.2. The highest BCUT2D eigenvalue weighted by atomic mass is 16.3. The van der Waals surface area contributed by atoms with Crippen molar-refractivity contribution in [3.8, 4) is 0 Å². The molecule has 1 amide bonds. The molecule has 4 heteroatoms. The third-order valence-electron chi connectivity index (χ3n) is 5.22. The van der Waals surface area contributed by atoms with Crippen LogP contribution in [0, 0.1) is 5.92 Å². The minimum atomic E-state index is 0.0316. The fourth-order valence-corrected chi connectivity index (χ4v) is 3.88. The van der Waals surface area contributed by atoms with Crippen molar-refractivity contribution in [2.24, 2.45) is 5.92 Å². The van der Waals surface area contributed by atoms with Crippen molar-refractivity contribution in [3.63, 3.8) is 0 Å². The van der Waals surface area contributed by atoms with Gasteiger partial charge < -0.3 is 9.32 Å². The van der Waals surface area contributed by atoms with Crippen LogP contribution in [0.3, 0.4) is 0 Å². The van der Waals surface area contributed by atoms with Gasteiger partial charge in [-0.25, -0.2) is 0 Å². The van der Waals surface area contributed by atoms with Crippen LogP contribution in [-0.4, -0.2) is 22.3 Å². The fraction of sp³-hybridized carbons (Fsp3) is 0.364. The fourth-order valence-electron chi connectivity index (χ4n) is 3.88. The summed E-state index contributed by atoms with van der Waals surface area (Å²) in [5, 5.41) is 1.08. The average molecular weight is 348 g/mol. The molecule has 0 aliphatic heterocycles. The molecule has 2 heterocycles. The second-order valence-corrected chi connectivity index (χ2v) is 7.18. The van der Waals surface area contributed by atoms with Gasteiger partial charge in [0.15, 0.2) is 0 Å². The van der Waals surface area contributed by atoms with Crippen molar-refractivity contribution in [1.82, 2.24) is 9.88 Å². The van der Waals surface area contributed by atoms with Gasteiger partial charge in [-0.05, 0) is 43.0 Å². The van der Waals surface area contributed by atoms with Crippen molar-refractivity contribution in [2.75, 3.05) is 6.54 Å². The van der Waals surface area contributed by atoms with Crippen molar-refractivity contribution >= 4 is 16.9 Å². The van der Waals surface area contributed by atoms with E-state index >= 15 is 0 Å². The van der Waals surface area contributed by atoms with Crippen molar-refractivity contribution in [2.45, 2.75) is 38.6 Å². The maximum absolute atomic E-state index is 13.1. The minimum Gasteiger partial charge on any atom is -0.459 e. The number of rotatable bonds is 5. The SMILES string of the molecule is O=C(c1cccnc1)N(Cc1cc2ccccc2o1)CC1CCCCC1. The van der Waals surface area contributed by atoms with Crippen LogP contribution in [0.1, 0.15) is 48.2 Å². The van der Waals surface area contributed by atoms with E-state index in [0.717, 1.165) is 23.3 Å². The number of hydrogen-bond donors (Lipinski definition) is 0. The van der Waals surface area contributed by atoms with Gasteiger partial charge in [-0.2, -0.15) is 0 Å². The molecule has 26 heavy (non-hydrogen) atoms. The molecule has 0 spiro atoms. The van der Waals surface area contributed by atoms with Gasteiger partial charge in [0.1, 0.15) is 11.3 Å². The van der Waals surface area contributed by atoms with Crippen LogP contribution in [0.5, 0.6) is 0 Å². The summed E-state index contributed by atoms with van der Waals surface area (Å²) in [7, 11) is 0. The quantitative estimate of drug-likeness (QED) is 0.648. The Hall–Kier alpha value is -2.62. The van der Waals surface area contributed by atoms with E-state index in [1.165, 1.54) is 32.1 Å². The number of hydrogen-bond acceptors (Lipinski definition) is 3. The van der Waals surface area contributed by atoms with E-state index < -0.39 is 0 Å². The Morgan fingerprint density at radius 2 is 1.96 bits per heavy atom. The maximum atomic E-state index is 13.1. The van der Waals surface area contributed by atoms with Crippen LogP contribution in [0.4, 0.5) is 0 Å². The predicted octanol–water partition coefficient (Wildman–Crippen LogP) is 5.05. The molecule has 1 aliphatic carbocycles. The molecule has 134 valence electrons. The van der Waals surface area contributed by atoms with E-state index in [2.05, 4.69) is 4.98 Å². The highest BCUT2D eigenvalue weighted by Crippen LogP contribution is 2.27. The summed E-state index contributed by atoms with van der Waals surface area (Å²) in [6.45, 7) is 1.28. The summed E-state index contributed by atoms with van der Waals surface area (Å²) in [5.41, 5.74) is 1.51. The number of amides is 1. The van der Waals surface area contributed by atoms with Crippen molar-refractivity contribution in [3.05, 3.63) is 66.2 Å². The lowest BCUT2D eigenvalue weighted by Crippen LogP contribution is -2.35. The Morgan fingerprint density at radius 3 is 2.73 bits per heavy atom. The molecule has 0 radical (unpaired) electrons. The zero-order valence-electron chi connectivity index (χ0n) is 14.9. The third-order valence-corrected chi connectivity index (χ3v) is 5.22. The summed E-state index contributed by atoms with van der Waals surface area (Å²) in [6, 6.07) is 13.7. The number of pyridine rings is 1. The smallest absolute Gasteiger partial charge is 0.255 e. The molecule has 4 nitrogen and oxygen atoms in total. The molecule has 1 saturated carbocycles. The van der Waals surface area contributed by atoms with Gasteiger partial charge in [0, 0.05) is 24.3 Å². The molecule has 1 aliphatic rings. The molecule has 0 N–H and O–H groups in total. The van der Waals surface area contributed by atoms with Gasteiger partial charge in [0.25, 0.3) is 5.91 Å². The van der Waals surface area contributed by atoms with Crippen molar-refractivity contribution < 1.29 is 9.21 Å². The monoisotopic (exact) mass is 348 g/mol. The second kappa shape index (κ2) is 7.73. The molecular formula is C22H24N2O2. The lowest BCUT2D eigenvalue weighted by atomic mass is 9.89. The summed E-state index contributed by atoms with van der Waals surface area (Å²) >= 11 is 0. The van der Waals surface area contributed by atoms with Gasteiger partial charge in [0.05, 0.1) is 12.1 Å². The Kier molecular flexibility index (Phi) is 5.00. The molecule has 1 aromatic carbocycles. The van der Waals surface area contributed by atoms with E-state index in [0.29, 0.717) is 18.0 Å². The van der Waals surface area contributed by atoms with Crippen LogP contribution in [0.25, 0.3) is 11.0 Å². The molecule has 3 aromatic rings.